The highest BCUT2D eigenvalue weighted by Crippen LogP contribution is 2.32. The van der Waals surface area contributed by atoms with Crippen LogP contribution in [0, 0.1) is 0 Å². The van der Waals surface area contributed by atoms with Gasteiger partial charge in [-0.25, -0.2) is 4.79 Å². The largest absolute Gasteiger partial charge is 0.444 e. The van der Waals surface area contributed by atoms with Crippen LogP contribution in [0.2, 0.25) is 0 Å². The summed E-state index contributed by atoms with van der Waals surface area (Å²) in [7, 11) is 0. The molecule has 1 fully saturated rings. The second-order valence-corrected chi connectivity index (χ2v) is 7.82. The molecular weight excluding hydrogens is 288 g/mol. The van der Waals surface area contributed by atoms with Gasteiger partial charge in [-0.3, -0.25) is 0 Å². The van der Waals surface area contributed by atoms with Crippen molar-refractivity contribution < 1.29 is 9.53 Å². The standard InChI is InChI=1S/C19H28N2O2/c1-19(2,3)23-18(22)21-15-11-14(12-15)20-17-10-6-8-13-7-4-5-9-16(13)17/h4-5,7,9,14-15,17,20H,6,8,10-12H2,1-3H3,(H,21,22). The minimum absolute atomic E-state index is 0.237. The topological polar surface area (TPSA) is 50.4 Å². The van der Waals surface area contributed by atoms with E-state index in [2.05, 4.69) is 34.9 Å². The molecule has 4 heteroatoms. The molecule has 126 valence electrons. The molecular formula is C19H28N2O2. The third kappa shape index (κ3) is 4.25. The summed E-state index contributed by atoms with van der Waals surface area (Å²) >= 11 is 0. The monoisotopic (exact) mass is 316 g/mol. The number of nitrogens with one attached hydrogen (secondary N) is 2. The van der Waals surface area contributed by atoms with E-state index < -0.39 is 5.60 Å². The van der Waals surface area contributed by atoms with Crippen LogP contribution in [0.4, 0.5) is 4.79 Å². The van der Waals surface area contributed by atoms with Gasteiger partial charge in [-0.15, -0.1) is 0 Å². The van der Waals surface area contributed by atoms with Gasteiger partial charge < -0.3 is 15.4 Å². The molecule has 3 rings (SSSR count). The van der Waals surface area contributed by atoms with E-state index in [9.17, 15) is 4.79 Å². The van der Waals surface area contributed by atoms with Crippen molar-refractivity contribution in [3.63, 3.8) is 0 Å². The van der Waals surface area contributed by atoms with Crippen LogP contribution in [-0.2, 0) is 11.2 Å². The molecule has 23 heavy (non-hydrogen) atoms. The summed E-state index contributed by atoms with van der Waals surface area (Å²) in [6.45, 7) is 5.66. The van der Waals surface area contributed by atoms with Gasteiger partial charge in [0, 0.05) is 18.1 Å². The summed E-state index contributed by atoms with van der Waals surface area (Å²) in [6.07, 6.45) is 5.32. The zero-order chi connectivity index (χ0) is 16.4. The van der Waals surface area contributed by atoms with Crippen LogP contribution in [0.3, 0.4) is 0 Å². The molecule has 0 radical (unpaired) electrons. The molecule has 1 atom stereocenters. The molecule has 2 aliphatic rings. The number of carbonyl (C=O) groups is 1. The van der Waals surface area contributed by atoms with E-state index in [0.29, 0.717) is 12.1 Å². The van der Waals surface area contributed by atoms with Gasteiger partial charge in [0.05, 0.1) is 0 Å². The highest BCUT2D eigenvalue weighted by Gasteiger charge is 2.33. The minimum atomic E-state index is -0.433. The number of benzene rings is 1. The Morgan fingerprint density at radius 3 is 2.65 bits per heavy atom. The van der Waals surface area contributed by atoms with Gasteiger partial charge in [0.1, 0.15) is 5.60 Å². The first-order valence-electron chi connectivity index (χ1n) is 8.74. The smallest absolute Gasteiger partial charge is 0.407 e. The Hall–Kier alpha value is -1.55. The Labute approximate surface area is 139 Å². The van der Waals surface area contributed by atoms with Gasteiger partial charge in [0.2, 0.25) is 0 Å². The van der Waals surface area contributed by atoms with Crippen molar-refractivity contribution in [3.05, 3.63) is 35.4 Å². The van der Waals surface area contributed by atoms with Crippen molar-refractivity contribution in [3.8, 4) is 0 Å². The molecule has 0 aromatic heterocycles. The van der Waals surface area contributed by atoms with Crippen LogP contribution in [0.1, 0.15) is 63.6 Å². The minimum Gasteiger partial charge on any atom is -0.444 e. The van der Waals surface area contributed by atoms with Gasteiger partial charge >= 0.3 is 6.09 Å². The Morgan fingerprint density at radius 1 is 1.17 bits per heavy atom. The maximum absolute atomic E-state index is 11.8. The SMILES string of the molecule is CC(C)(C)OC(=O)NC1CC(NC2CCCc3ccccc32)C1. The van der Waals surface area contributed by atoms with E-state index in [4.69, 9.17) is 4.74 Å². The summed E-state index contributed by atoms with van der Waals surface area (Å²) in [4.78, 5) is 11.8. The molecule has 1 aromatic rings. The Bertz CT molecular complexity index is 559. The maximum atomic E-state index is 11.8. The first-order valence-corrected chi connectivity index (χ1v) is 8.74. The third-order valence-corrected chi connectivity index (χ3v) is 4.67. The van der Waals surface area contributed by atoms with E-state index in [1.807, 2.05) is 20.8 Å². The van der Waals surface area contributed by atoms with Crippen molar-refractivity contribution in [1.29, 1.82) is 0 Å². The first kappa shape index (κ1) is 16.3. The molecule has 0 spiro atoms. The van der Waals surface area contributed by atoms with Crippen LogP contribution in [0.15, 0.2) is 24.3 Å². The number of aryl methyl sites for hydroxylation is 1. The highest BCUT2D eigenvalue weighted by atomic mass is 16.6. The Balaban J connectivity index is 1.45. The molecule has 0 saturated heterocycles. The van der Waals surface area contributed by atoms with Gasteiger partial charge in [0.15, 0.2) is 0 Å². The molecule has 1 amide bonds. The zero-order valence-electron chi connectivity index (χ0n) is 14.4. The highest BCUT2D eigenvalue weighted by molar-refractivity contribution is 5.68. The number of hydrogen-bond acceptors (Lipinski definition) is 3. The number of fused-ring (bicyclic) bond motifs is 1. The van der Waals surface area contributed by atoms with E-state index in [0.717, 1.165) is 12.8 Å². The lowest BCUT2D eigenvalue weighted by Gasteiger charge is -2.40. The van der Waals surface area contributed by atoms with Crippen molar-refractivity contribution in [2.45, 2.75) is 76.6 Å². The summed E-state index contributed by atoms with van der Waals surface area (Å²) in [6, 6.07) is 9.95. The predicted octanol–water partition coefficient (Wildman–Crippen LogP) is 3.71. The van der Waals surface area contributed by atoms with Gasteiger partial charge in [-0.1, -0.05) is 24.3 Å². The summed E-state index contributed by atoms with van der Waals surface area (Å²) < 4.78 is 5.31. The fourth-order valence-electron chi connectivity index (χ4n) is 3.56. The average Bonchev–Trinajstić information content (AvgIpc) is 2.43. The molecule has 0 aliphatic heterocycles. The average molecular weight is 316 g/mol. The van der Waals surface area contributed by atoms with E-state index in [-0.39, 0.29) is 12.1 Å². The van der Waals surface area contributed by atoms with E-state index in [1.165, 1.54) is 30.4 Å². The first-order chi connectivity index (χ1) is 10.9. The zero-order valence-corrected chi connectivity index (χ0v) is 14.4. The lowest BCUT2D eigenvalue weighted by Crippen LogP contribution is -2.54. The number of hydrogen-bond donors (Lipinski definition) is 2. The summed E-state index contributed by atoms with van der Waals surface area (Å²) in [5.41, 5.74) is 2.51. The molecule has 2 N–H and O–H groups in total. The van der Waals surface area contributed by atoms with Crippen molar-refractivity contribution in [1.82, 2.24) is 10.6 Å². The fourth-order valence-corrected chi connectivity index (χ4v) is 3.56. The quantitative estimate of drug-likeness (QED) is 0.894. The molecule has 1 unspecified atom stereocenters. The Morgan fingerprint density at radius 2 is 1.91 bits per heavy atom. The van der Waals surface area contributed by atoms with Crippen LogP contribution in [-0.4, -0.2) is 23.8 Å². The van der Waals surface area contributed by atoms with Crippen LogP contribution < -0.4 is 10.6 Å². The maximum Gasteiger partial charge on any atom is 0.407 e. The lowest BCUT2D eigenvalue weighted by atomic mass is 9.83. The summed E-state index contributed by atoms with van der Waals surface area (Å²) in [5.74, 6) is 0. The number of amides is 1. The van der Waals surface area contributed by atoms with Crippen molar-refractivity contribution in [2.24, 2.45) is 0 Å². The molecule has 0 bridgehead atoms. The number of rotatable bonds is 3. The summed E-state index contributed by atoms with van der Waals surface area (Å²) in [5, 5.41) is 6.73. The molecule has 1 aromatic carbocycles. The van der Waals surface area contributed by atoms with E-state index >= 15 is 0 Å². The number of carbonyl (C=O) groups excluding carboxylic acids is 1. The van der Waals surface area contributed by atoms with Crippen LogP contribution >= 0.6 is 0 Å². The predicted molar refractivity (Wildman–Crippen MR) is 91.4 cm³/mol. The van der Waals surface area contributed by atoms with Crippen LogP contribution in [0.5, 0.6) is 0 Å². The molecule has 0 heterocycles. The third-order valence-electron chi connectivity index (χ3n) is 4.67. The second-order valence-electron chi connectivity index (χ2n) is 7.82. The molecule has 4 nitrogen and oxygen atoms in total. The van der Waals surface area contributed by atoms with Gasteiger partial charge in [-0.2, -0.15) is 0 Å². The number of ether oxygens (including phenoxy) is 1. The van der Waals surface area contributed by atoms with Gasteiger partial charge in [-0.05, 0) is 64.0 Å². The lowest BCUT2D eigenvalue weighted by molar-refractivity contribution is 0.0462. The fraction of sp³-hybridized carbons (Fsp3) is 0.632. The molecule has 2 aliphatic carbocycles. The van der Waals surface area contributed by atoms with E-state index in [1.54, 1.807) is 0 Å². The normalized spacial score (nSPS) is 26.8. The van der Waals surface area contributed by atoms with Crippen LogP contribution in [0.25, 0.3) is 0 Å². The molecule has 1 saturated carbocycles. The number of alkyl carbamates (subject to hydrolysis) is 1. The van der Waals surface area contributed by atoms with Crippen molar-refractivity contribution in [2.75, 3.05) is 0 Å². The Kier molecular flexibility index (Phi) is 4.62. The van der Waals surface area contributed by atoms with Gasteiger partial charge in [0.25, 0.3) is 0 Å². The second kappa shape index (κ2) is 6.52. The van der Waals surface area contributed by atoms with Crippen molar-refractivity contribution >= 4 is 6.09 Å².